The highest BCUT2D eigenvalue weighted by molar-refractivity contribution is 9.10. The van der Waals surface area contributed by atoms with Gasteiger partial charge in [0.2, 0.25) is 5.91 Å². The standard InChI is InChI=1S/C24H21BrN4O2S/c25-17-8-9-21-19(13-17)16(14-28(21)15-22(30)27-10-4-5-11-27)12-20-23(31)29(24(32)26-20)18-6-2-1-3-7-18/h1-3,6-9,12-14H,4-5,10-11,15H2,(H,26,32)/b20-12-. The first kappa shape index (κ1) is 20.9. The fourth-order valence-corrected chi connectivity index (χ4v) is 4.92. The number of halogens is 1. The number of rotatable bonds is 4. The van der Waals surface area contributed by atoms with Crippen molar-refractivity contribution in [2.45, 2.75) is 19.4 Å². The molecule has 0 unspecified atom stereocenters. The molecule has 3 heterocycles. The van der Waals surface area contributed by atoms with Gasteiger partial charge in [-0.25, -0.2) is 0 Å². The number of benzene rings is 2. The summed E-state index contributed by atoms with van der Waals surface area (Å²) in [6.07, 6.45) is 5.87. The SMILES string of the molecule is O=C(Cn1cc(/C=C2\NC(=S)N(c3ccccc3)C2=O)c2cc(Br)ccc21)N1CCCC1. The molecule has 32 heavy (non-hydrogen) atoms. The van der Waals surface area contributed by atoms with E-state index in [1.165, 1.54) is 4.90 Å². The van der Waals surface area contributed by atoms with E-state index in [2.05, 4.69) is 21.2 Å². The molecule has 0 bridgehead atoms. The minimum atomic E-state index is -0.203. The van der Waals surface area contributed by atoms with Crippen molar-refractivity contribution in [1.29, 1.82) is 0 Å². The summed E-state index contributed by atoms with van der Waals surface area (Å²) in [5, 5.41) is 4.35. The van der Waals surface area contributed by atoms with E-state index in [9.17, 15) is 9.59 Å². The monoisotopic (exact) mass is 508 g/mol. The van der Waals surface area contributed by atoms with Crippen LogP contribution >= 0.6 is 28.1 Å². The Bertz CT molecular complexity index is 1260. The molecule has 2 aliphatic rings. The molecule has 2 aliphatic heterocycles. The Morgan fingerprint density at radius 2 is 1.88 bits per heavy atom. The number of thiocarbonyl (C=S) groups is 1. The number of carbonyl (C=O) groups is 2. The van der Waals surface area contributed by atoms with Crippen molar-refractivity contribution in [2.24, 2.45) is 0 Å². The predicted octanol–water partition coefficient (Wildman–Crippen LogP) is 4.29. The number of hydrogen-bond donors (Lipinski definition) is 1. The Hall–Kier alpha value is -2.97. The quantitative estimate of drug-likeness (QED) is 0.421. The predicted molar refractivity (Wildman–Crippen MR) is 133 cm³/mol. The van der Waals surface area contributed by atoms with Gasteiger partial charge >= 0.3 is 0 Å². The van der Waals surface area contributed by atoms with Gasteiger partial charge in [-0.2, -0.15) is 0 Å². The molecule has 5 rings (SSSR count). The van der Waals surface area contributed by atoms with Gasteiger partial charge in [-0.15, -0.1) is 0 Å². The first-order chi connectivity index (χ1) is 15.5. The van der Waals surface area contributed by atoms with Gasteiger partial charge in [0.05, 0.1) is 5.69 Å². The number of para-hydroxylation sites is 1. The highest BCUT2D eigenvalue weighted by atomic mass is 79.9. The van der Waals surface area contributed by atoms with Crippen LogP contribution in [0, 0.1) is 0 Å². The number of nitrogens with zero attached hydrogens (tertiary/aromatic N) is 3. The van der Waals surface area contributed by atoms with E-state index < -0.39 is 0 Å². The van der Waals surface area contributed by atoms with Gasteiger partial charge in [-0.05, 0) is 61.5 Å². The molecule has 2 saturated heterocycles. The van der Waals surface area contributed by atoms with Gasteiger partial charge in [0.1, 0.15) is 12.2 Å². The molecule has 0 radical (unpaired) electrons. The minimum absolute atomic E-state index is 0.119. The van der Waals surface area contributed by atoms with Crippen LogP contribution in [0.2, 0.25) is 0 Å². The lowest BCUT2D eigenvalue weighted by atomic mass is 10.1. The maximum atomic E-state index is 13.1. The van der Waals surface area contributed by atoms with E-state index in [-0.39, 0.29) is 18.4 Å². The van der Waals surface area contributed by atoms with Crippen LogP contribution in [0.15, 0.2) is 64.9 Å². The molecular formula is C24H21BrN4O2S. The third-order valence-electron chi connectivity index (χ3n) is 5.83. The van der Waals surface area contributed by atoms with Gasteiger partial charge in [0.25, 0.3) is 5.91 Å². The Morgan fingerprint density at radius 1 is 1.12 bits per heavy atom. The van der Waals surface area contributed by atoms with Crippen molar-refractivity contribution in [3.05, 3.63) is 70.5 Å². The summed E-state index contributed by atoms with van der Waals surface area (Å²) in [6.45, 7) is 1.93. The van der Waals surface area contributed by atoms with E-state index in [1.54, 1.807) is 0 Å². The smallest absolute Gasteiger partial charge is 0.281 e. The van der Waals surface area contributed by atoms with Crippen molar-refractivity contribution in [3.8, 4) is 0 Å². The lowest BCUT2D eigenvalue weighted by Crippen LogP contribution is -2.30. The number of anilines is 1. The number of hydrogen-bond acceptors (Lipinski definition) is 3. The lowest BCUT2D eigenvalue weighted by Gasteiger charge is -2.16. The van der Waals surface area contributed by atoms with E-state index in [0.29, 0.717) is 10.8 Å². The molecule has 162 valence electrons. The van der Waals surface area contributed by atoms with Crippen LogP contribution in [0.3, 0.4) is 0 Å². The molecule has 0 saturated carbocycles. The van der Waals surface area contributed by atoms with Crippen molar-refractivity contribution >= 4 is 67.7 Å². The van der Waals surface area contributed by atoms with E-state index >= 15 is 0 Å². The summed E-state index contributed by atoms with van der Waals surface area (Å²) in [7, 11) is 0. The summed E-state index contributed by atoms with van der Waals surface area (Å²) in [5.74, 6) is -0.0849. The number of aromatic nitrogens is 1. The summed E-state index contributed by atoms with van der Waals surface area (Å²) >= 11 is 8.96. The molecule has 2 fully saturated rings. The minimum Gasteiger partial charge on any atom is -0.341 e. The number of likely N-dealkylation sites (tertiary alicyclic amines) is 1. The van der Waals surface area contributed by atoms with Crippen molar-refractivity contribution in [3.63, 3.8) is 0 Å². The average molecular weight is 509 g/mol. The molecule has 3 aromatic rings. The number of fused-ring (bicyclic) bond motifs is 1. The van der Waals surface area contributed by atoms with Gasteiger partial charge < -0.3 is 14.8 Å². The molecule has 2 amide bonds. The zero-order valence-corrected chi connectivity index (χ0v) is 19.7. The topological polar surface area (TPSA) is 57.6 Å². The van der Waals surface area contributed by atoms with Crippen LogP contribution in [0.4, 0.5) is 5.69 Å². The van der Waals surface area contributed by atoms with Crippen LogP contribution in [-0.4, -0.2) is 39.5 Å². The summed E-state index contributed by atoms with van der Waals surface area (Å²) in [6, 6.07) is 15.3. The van der Waals surface area contributed by atoms with Crippen LogP contribution in [0.25, 0.3) is 17.0 Å². The molecule has 1 aromatic heterocycles. The van der Waals surface area contributed by atoms with Crippen LogP contribution in [-0.2, 0) is 16.1 Å². The van der Waals surface area contributed by atoms with Gasteiger partial charge in [0.15, 0.2) is 5.11 Å². The van der Waals surface area contributed by atoms with Crippen LogP contribution in [0.1, 0.15) is 18.4 Å². The molecule has 2 aromatic carbocycles. The molecule has 1 N–H and O–H groups in total. The van der Waals surface area contributed by atoms with Crippen LogP contribution in [0.5, 0.6) is 0 Å². The second-order valence-corrected chi connectivity index (χ2v) is 9.23. The maximum Gasteiger partial charge on any atom is 0.281 e. The largest absolute Gasteiger partial charge is 0.341 e. The zero-order chi connectivity index (χ0) is 22.2. The molecular weight excluding hydrogens is 488 g/mol. The van der Waals surface area contributed by atoms with Crippen molar-refractivity contribution < 1.29 is 9.59 Å². The summed E-state index contributed by atoms with van der Waals surface area (Å²) in [5.41, 5.74) is 2.92. The highest BCUT2D eigenvalue weighted by Gasteiger charge is 2.32. The van der Waals surface area contributed by atoms with Gasteiger partial charge in [0, 0.05) is 40.2 Å². The fraction of sp³-hybridized carbons (Fsp3) is 0.208. The van der Waals surface area contributed by atoms with Gasteiger partial charge in [-0.1, -0.05) is 34.1 Å². The van der Waals surface area contributed by atoms with E-state index in [0.717, 1.165) is 52.6 Å². The fourth-order valence-electron chi connectivity index (χ4n) is 4.26. The number of carbonyl (C=O) groups excluding carboxylic acids is 2. The molecule has 0 spiro atoms. The average Bonchev–Trinajstić information content (AvgIpc) is 3.49. The highest BCUT2D eigenvalue weighted by Crippen LogP contribution is 2.29. The third-order valence-corrected chi connectivity index (χ3v) is 6.61. The second-order valence-electron chi connectivity index (χ2n) is 7.93. The Kier molecular flexibility index (Phi) is 5.57. The maximum absolute atomic E-state index is 13.1. The molecule has 6 nitrogen and oxygen atoms in total. The summed E-state index contributed by atoms with van der Waals surface area (Å²) in [4.78, 5) is 29.3. The van der Waals surface area contributed by atoms with Crippen molar-refractivity contribution in [2.75, 3.05) is 18.0 Å². The third kappa shape index (κ3) is 3.84. The Balaban J connectivity index is 1.50. The van der Waals surface area contributed by atoms with E-state index in [1.807, 2.05) is 70.3 Å². The number of nitrogens with one attached hydrogen (secondary N) is 1. The van der Waals surface area contributed by atoms with Crippen molar-refractivity contribution in [1.82, 2.24) is 14.8 Å². The zero-order valence-electron chi connectivity index (χ0n) is 17.3. The number of amides is 2. The van der Waals surface area contributed by atoms with Gasteiger partial charge in [-0.3, -0.25) is 14.5 Å². The second kappa shape index (κ2) is 8.52. The summed E-state index contributed by atoms with van der Waals surface area (Å²) < 4.78 is 2.89. The Morgan fingerprint density at radius 3 is 2.62 bits per heavy atom. The normalized spacial score (nSPS) is 17.6. The Labute approximate surface area is 199 Å². The first-order valence-electron chi connectivity index (χ1n) is 10.5. The molecule has 0 aliphatic carbocycles. The lowest BCUT2D eigenvalue weighted by molar-refractivity contribution is -0.130. The van der Waals surface area contributed by atoms with E-state index in [4.69, 9.17) is 12.2 Å². The first-order valence-corrected chi connectivity index (χ1v) is 11.7. The molecule has 8 heteroatoms. The van der Waals surface area contributed by atoms with Crippen LogP contribution < -0.4 is 10.2 Å². The molecule has 0 atom stereocenters.